The minimum Gasteiger partial charge on any atom is -0.393 e. The second-order valence-corrected chi connectivity index (χ2v) is 6.19. The van der Waals surface area contributed by atoms with Gasteiger partial charge in [0.05, 0.1) is 6.10 Å². The van der Waals surface area contributed by atoms with Gasteiger partial charge in [0.15, 0.2) is 0 Å². The maximum Gasteiger partial charge on any atom is 0.254 e. The van der Waals surface area contributed by atoms with Crippen LogP contribution in [-0.4, -0.2) is 46.6 Å². The summed E-state index contributed by atoms with van der Waals surface area (Å²) >= 11 is 0. The highest BCUT2D eigenvalue weighted by molar-refractivity contribution is 5.95. The Morgan fingerprint density at radius 3 is 2.95 bits per heavy atom. The zero-order valence-electron chi connectivity index (χ0n) is 12.7. The maximum atomic E-state index is 12.7. The highest BCUT2D eigenvalue weighted by atomic mass is 16.3. The average molecular weight is 289 g/mol. The van der Waals surface area contributed by atoms with Gasteiger partial charge >= 0.3 is 0 Å². The van der Waals surface area contributed by atoms with E-state index in [4.69, 9.17) is 0 Å². The number of hydrogen-bond donors (Lipinski definition) is 2. The zero-order valence-corrected chi connectivity index (χ0v) is 12.7. The average Bonchev–Trinajstić information content (AvgIpc) is 3.00. The van der Waals surface area contributed by atoms with Crippen molar-refractivity contribution in [2.45, 2.75) is 32.8 Å². The largest absolute Gasteiger partial charge is 0.393 e. The Kier molecular flexibility index (Phi) is 3.85. The molecular weight excluding hydrogens is 266 g/mol. The Balaban J connectivity index is 1.77. The Labute approximate surface area is 125 Å². The number of aliphatic hydroxyl groups excluding tert-OH is 1. The second-order valence-electron chi connectivity index (χ2n) is 6.19. The van der Waals surface area contributed by atoms with Gasteiger partial charge in [-0.05, 0) is 44.7 Å². The lowest BCUT2D eigenvalue weighted by molar-refractivity contribution is 0.0752. The summed E-state index contributed by atoms with van der Waals surface area (Å²) in [6.45, 7) is 6.15. The molecule has 1 aliphatic heterocycles. The van der Waals surface area contributed by atoms with Gasteiger partial charge in [-0.3, -0.25) is 4.79 Å². The molecule has 2 heterocycles. The van der Waals surface area contributed by atoms with E-state index in [-0.39, 0.29) is 17.9 Å². The van der Waals surface area contributed by atoms with Crippen LogP contribution in [0.3, 0.4) is 0 Å². The number of carbonyl (C=O) groups excluding carboxylic acids is 1. The highest BCUT2D eigenvalue weighted by Gasteiger charge is 2.43. The Hall–Kier alpha value is -1.62. The molecule has 3 atom stereocenters. The predicted molar refractivity (Wildman–Crippen MR) is 81.3 cm³/mol. The molecular formula is C16H23N3O2. The lowest BCUT2D eigenvalue weighted by Crippen LogP contribution is -2.31. The quantitative estimate of drug-likeness (QED) is 0.888. The molecule has 1 aliphatic carbocycles. The summed E-state index contributed by atoms with van der Waals surface area (Å²) in [5, 5.41) is 13.1. The Bertz CT molecular complexity index is 546. The molecule has 5 heteroatoms. The molecule has 114 valence electrons. The first-order valence-electron chi connectivity index (χ1n) is 7.78. The summed E-state index contributed by atoms with van der Waals surface area (Å²) in [6, 6.07) is 3.66. The minimum atomic E-state index is -0.232. The number of hydrogen-bond acceptors (Lipinski definition) is 4. The number of carbonyl (C=O) groups is 1. The number of rotatable bonds is 3. The maximum absolute atomic E-state index is 12.7. The van der Waals surface area contributed by atoms with Gasteiger partial charge in [0.1, 0.15) is 5.82 Å². The normalized spacial score (nSPS) is 27.8. The highest BCUT2D eigenvalue weighted by Crippen LogP contribution is 2.38. The zero-order chi connectivity index (χ0) is 15.0. The summed E-state index contributed by atoms with van der Waals surface area (Å²) in [5.41, 5.74) is 1.53. The molecule has 5 nitrogen and oxygen atoms in total. The summed E-state index contributed by atoms with van der Waals surface area (Å²) in [4.78, 5) is 19.0. The number of nitrogens with one attached hydrogen (secondary N) is 1. The Morgan fingerprint density at radius 1 is 1.43 bits per heavy atom. The van der Waals surface area contributed by atoms with Gasteiger partial charge in [0, 0.05) is 36.8 Å². The van der Waals surface area contributed by atoms with Crippen LogP contribution in [0.5, 0.6) is 0 Å². The van der Waals surface area contributed by atoms with Crippen molar-refractivity contribution >= 4 is 11.7 Å². The molecule has 0 bridgehead atoms. The van der Waals surface area contributed by atoms with Crippen LogP contribution in [-0.2, 0) is 0 Å². The molecule has 0 aromatic carbocycles. The molecule has 0 radical (unpaired) electrons. The molecule has 21 heavy (non-hydrogen) atoms. The lowest BCUT2D eigenvalue weighted by Gasteiger charge is -2.19. The number of aliphatic hydroxyl groups is 1. The predicted octanol–water partition coefficient (Wildman–Crippen LogP) is 1.66. The van der Waals surface area contributed by atoms with Crippen molar-refractivity contribution in [3.8, 4) is 0 Å². The summed E-state index contributed by atoms with van der Waals surface area (Å²) in [7, 11) is 0. The van der Waals surface area contributed by atoms with E-state index in [1.807, 2.05) is 30.9 Å². The third-order valence-electron chi connectivity index (χ3n) is 4.66. The standard InChI is InChI=1S/C16H23N3O2/c1-3-17-15-7-12(6-10(2)18-15)16(21)19-8-11-4-5-14(20)13(11)9-19/h6-7,11,13-14,20H,3-5,8-9H2,1-2H3,(H,17,18). The monoisotopic (exact) mass is 289 g/mol. The lowest BCUT2D eigenvalue weighted by atomic mass is 10.00. The van der Waals surface area contributed by atoms with Crippen molar-refractivity contribution in [3.63, 3.8) is 0 Å². The van der Waals surface area contributed by atoms with Gasteiger partial charge < -0.3 is 15.3 Å². The minimum absolute atomic E-state index is 0.0567. The summed E-state index contributed by atoms with van der Waals surface area (Å²) in [5.74, 6) is 1.55. The fourth-order valence-corrected chi connectivity index (χ4v) is 3.65. The third-order valence-corrected chi connectivity index (χ3v) is 4.66. The molecule has 1 aromatic heterocycles. The molecule has 2 aliphatic rings. The van der Waals surface area contributed by atoms with Crippen LogP contribution in [0, 0.1) is 18.8 Å². The smallest absolute Gasteiger partial charge is 0.254 e. The number of nitrogens with zero attached hydrogens (tertiary/aromatic N) is 2. The van der Waals surface area contributed by atoms with Gasteiger partial charge in [-0.15, -0.1) is 0 Å². The molecule has 2 N–H and O–H groups in total. The fourth-order valence-electron chi connectivity index (χ4n) is 3.65. The number of fused-ring (bicyclic) bond motifs is 1. The van der Waals surface area contributed by atoms with Crippen LogP contribution in [0.2, 0.25) is 0 Å². The van der Waals surface area contributed by atoms with E-state index in [2.05, 4.69) is 10.3 Å². The SMILES string of the molecule is CCNc1cc(C(=O)N2CC3CCC(O)C3C2)cc(C)n1. The summed E-state index contributed by atoms with van der Waals surface area (Å²) < 4.78 is 0. The number of aromatic nitrogens is 1. The molecule has 1 amide bonds. The van der Waals surface area contributed by atoms with Crippen LogP contribution in [0.15, 0.2) is 12.1 Å². The molecule has 2 fully saturated rings. The number of amides is 1. The third kappa shape index (κ3) is 2.75. The van der Waals surface area contributed by atoms with E-state index in [1.54, 1.807) is 0 Å². The molecule has 1 saturated heterocycles. The van der Waals surface area contributed by atoms with Crippen LogP contribution in [0.1, 0.15) is 35.8 Å². The van der Waals surface area contributed by atoms with E-state index in [1.165, 1.54) is 0 Å². The molecule has 0 spiro atoms. The van der Waals surface area contributed by atoms with Crippen molar-refractivity contribution in [1.82, 2.24) is 9.88 Å². The van der Waals surface area contributed by atoms with E-state index in [0.717, 1.165) is 37.4 Å². The summed E-state index contributed by atoms with van der Waals surface area (Å²) in [6.07, 6.45) is 1.69. The van der Waals surface area contributed by atoms with Gasteiger partial charge in [0.2, 0.25) is 0 Å². The van der Waals surface area contributed by atoms with Crippen molar-refractivity contribution in [1.29, 1.82) is 0 Å². The van der Waals surface area contributed by atoms with E-state index in [0.29, 0.717) is 18.0 Å². The van der Waals surface area contributed by atoms with Crippen molar-refractivity contribution in [2.75, 3.05) is 25.0 Å². The molecule has 1 saturated carbocycles. The Morgan fingerprint density at radius 2 is 2.24 bits per heavy atom. The molecule has 3 unspecified atom stereocenters. The first-order chi connectivity index (χ1) is 10.1. The van der Waals surface area contributed by atoms with E-state index < -0.39 is 0 Å². The van der Waals surface area contributed by atoms with Crippen molar-refractivity contribution in [2.24, 2.45) is 11.8 Å². The van der Waals surface area contributed by atoms with E-state index >= 15 is 0 Å². The first-order valence-corrected chi connectivity index (χ1v) is 7.78. The van der Waals surface area contributed by atoms with Crippen LogP contribution >= 0.6 is 0 Å². The molecule has 1 aromatic rings. The van der Waals surface area contributed by atoms with Gasteiger partial charge in [0.25, 0.3) is 5.91 Å². The number of likely N-dealkylation sites (tertiary alicyclic amines) is 1. The van der Waals surface area contributed by atoms with Crippen LogP contribution in [0.4, 0.5) is 5.82 Å². The topological polar surface area (TPSA) is 65.5 Å². The number of aryl methyl sites for hydroxylation is 1. The van der Waals surface area contributed by atoms with Crippen molar-refractivity contribution < 1.29 is 9.90 Å². The van der Waals surface area contributed by atoms with Gasteiger partial charge in [-0.25, -0.2) is 4.98 Å². The van der Waals surface area contributed by atoms with Crippen LogP contribution in [0.25, 0.3) is 0 Å². The molecule has 3 rings (SSSR count). The number of pyridine rings is 1. The fraction of sp³-hybridized carbons (Fsp3) is 0.625. The first kappa shape index (κ1) is 14.3. The van der Waals surface area contributed by atoms with Gasteiger partial charge in [-0.2, -0.15) is 0 Å². The van der Waals surface area contributed by atoms with Crippen molar-refractivity contribution in [3.05, 3.63) is 23.4 Å². The second kappa shape index (κ2) is 5.64. The van der Waals surface area contributed by atoms with E-state index in [9.17, 15) is 9.90 Å². The van der Waals surface area contributed by atoms with Crippen LogP contribution < -0.4 is 5.32 Å². The number of anilines is 1. The van der Waals surface area contributed by atoms with Gasteiger partial charge in [-0.1, -0.05) is 0 Å².